The van der Waals surface area contributed by atoms with Gasteiger partial charge in [0.15, 0.2) is 0 Å². The van der Waals surface area contributed by atoms with Gasteiger partial charge in [0.1, 0.15) is 36.1 Å². The summed E-state index contributed by atoms with van der Waals surface area (Å²) in [5, 5.41) is 15.2. The van der Waals surface area contributed by atoms with Gasteiger partial charge in [-0.3, -0.25) is 9.58 Å². The Bertz CT molecular complexity index is 985. The molecule has 0 spiro atoms. The van der Waals surface area contributed by atoms with Crippen LogP contribution in [-0.4, -0.2) is 64.9 Å². The van der Waals surface area contributed by atoms with Crippen molar-refractivity contribution in [3.05, 3.63) is 78.4 Å². The number of ether oxygens (including phenoxy) is 3. The summed E-state index contributed by atoms with van der Waals surface area (Å²) in [6.45, 7) is 3.61. The number of rotatable bonds is 9. The summed E-state index contributed by atoms with van der Waals surface area (Å²) in [7, 11) is 0. The van der Waals surface area contributed by atoms with Crippen molar-refractivity contribution in [2.75, 3.05) is 39.5 Å². The number of β-amino-alcohol motifs (C(OH)–C–C–N with tert-alkyl or cyclic N) is 1. The van der Waals surface area contributed by atoms with Gasteiger partial charge in [-0.15, -0.1) is 0 Å². The summed E-state index contributed by atoms with van der Waals surface area (Å²) in [6, 6.07) is 15.7. The van der Waals surface area contributed by atoms with Crippen LogP contribution in [0, 0.1) is 5.82 Å². The zero-order chi connectivity index (χ0) is 22.2. The number of hydrogen-bond donors (Lipinski definition) is 1. The van der Waals surface area contributed by atoms with Crippen LogP contribution in [0.25, 0.3) is 0 Å². The van der Waals surface area contributed by atoms with Crippen LogP contribution in [0.2, 0.25) is 0 Å². The van der Waals surface area contributed by atoms with E-state index in [9.17, 15) is 9.50 Å². The molecule has 2 aromatic carbocycles. The first kappa shape index (κ1) is 22.3. The van der Waals surface area contributed by atoms with Crippen molar-refractivity contribution in [1.82, 2.24) is 14.7 Å². The van der Waals surface area contributed by atoms with Crippen LogP contribution >= 0.6 is 0 Å². The summed E-state index contributed by atoms with van der Waals surface area (Å²) in [5.41, 5.74) is -0.113. The zero-order valence-corrected chi connectivity index (χ0v) is 17.9. The number of aliphatic hydroxyl groups is 1. The third-order valence-electron chi connectivity index (χ3n) is 5.20. The Morgan fingerprint density at radius 2 is 1.94 bits per heavy atom. The van der Waals surface area contributed by atoms with Crippen LogP contribution in [0.5, 0.6) is 11.5 Å². The lowest BCUT2D eigenvalue weighted by molar-refractivity contribution is -0.0647. The van der Waals surface area contributed by atoms with Gasteiger partial charge in [0.05, 0.1) is 19.8 Å². The molecule has 0 saturated carbocycles. The Kier molecular flexibility index (Phi) is 7.36. The van der Waals surface area contributed by atoms with Gasteiger partial charge in [-0.1, -0.05) is 18.2 Å². The van der Waals surface area contributed by atoms with Gasteiger partial charge >= 0.3 is 0 Å². The van der Waals surface area contributed by atoms with Crippen molar-refractivity contribution in [2.24, 2.45) is 0 Å². The molecule has 1 fully saturated rings. The summed E-state index contributed by atoms with van der Waals surface area (Å²) < 4.78 is 32.4. The Labute approximate surface area is 186 Å². The van der Waals surface area contributed by atoms with E-state index in [0.717, 1.165) is 11.3 Å². The largest absolute Gasteiger partial charge is 0.492 e. The second-order valence-corrected chi connectivity index (χ2v) is 8.00. The minimum atomic E-state index is -1.19. The summed E-state index contributed by atoms with van der Waals surface area (Å²) in [4.78, 5) is 2.13. The molecule has 7 nitrogen and oxygen atoms in total. The number of nitrogens with zero attached hydrogens (tertiary/aromatic N) is 3. The van der Waals surface area contributed by atoms with Crippen molar-refractivity contribution in [2.45, 2.75) is 18.7 Å². The molecule has 3 aromatic rings. The fraction of sp³-hybridized carbons (Fsp3) is 0.375. The molecular weight excluding hydrogens is 413 g/mol. The first-order chi connectivity index (χ1) is 15.6. The van der Waals surface area contributed by atoms with Crippen LogP contribution in [0.4, 0.5) is 4.39 Å². The van der Waals surface area contributed by atoms with Crippen molar-refractivity contribution in [3.63, 3.8) is 0 Å². The van der Waals surface area contributed by atoms with Crippen LogP contribution in [-0.2, 0) is 17.8 Å². The van der Waals surface area contributed by atoms with Crippen molar-refractivity contribution in [3.8, 4) is 11.5 Å². The molecule has 1 aliphatic heterocycles. The molecular formula is C24H28FN3O4. The normalized spacial score (nSPS) is 19.4. The summed E-state index contributed by atoms with van der Waals surface area (Å²) in [5.74, 6) is 0.805. The molecule has 0 bridgehead atoms. The van der Waals surface area contributed by atoms with E-state index in [1.807, 2.05) is 41.2 Å². The lowest BCUT2D eigenvalue weighted by Gasteiger charge is -2.30. The van der Waals surface area contributed by atoms with Gasteiger partial charge < -0.3 is 19.3 Å². The van der Waals surface area contributed by atoms with Crippen molar-refractivity contribution in [1.29, 1.82) is 0 Å². The number of benzene rings is 2. The zero-order valence-electron chi connectivity index (χ0n) is 17.9. The highest BCUT2D eigenvalue weighted by atomic mass is 19.1. The smallest absolute Gasteiger partial charge is 0.134 e. The molecule has 0 aliphatic carbocycles. The minimum absolute atomic E-state index is 0.0174. The Morgan fingerprint density at radius 3 is 2.75 bits per heavy atom. The Balaban J connectivity index is 1.32. The van der Waals surface area contributed by atoms with Crippen molar-refractivity contribution < 1.29 is 23.7 Å². The molecule has 1 saturated heterocycles. The lowest BCUT2D eigenvalue weighted by atomic mass is 10.1. The van der Waals surface area contributed by atoms with Crippen LogP contribution in [0.15, 0.2) is 67.0 Å². The second kappa shape index (κ2) is 10.6. The number of aromatic nitrogens is 2. The van der Waals surface area contributed by atoms with E-state index in [-0.39, 0.29) is 19.0 Å². The molecule has 8 heteroatoms. The molecule has 1 atom stereocenters. The highest BCUT2D eigenvalue weighted by Gasteiger charge is 2.33. The Morgan fingerprint density at radius 1 is 1.09 bits per heavy atom. The molecule has 4 rings (SSSR count). The van der Waals surface area contributed by atoms with Gasteiger partial charge in [0, 0.05) is 38.1 Å². The van der Waals surface area contributed by atoms with Gasteiger partial charge in [-0.05, 0) is 35.9 Å². The predicted molar refractivity (Wildman–Crippen MR) is 117 cm³/mol. The van der Waals surface area contributed by atoms with E-state index in [1.165, 1.54) is 12.1 Å². The van der Waals surface area contributed by atoms with Gasteiger partial charge in [-0.25, -0.2) is 4.39 Å². The third kappa shape index (κ3) is 6.53. The van der Waals surface area contributed by atoms with E-state index < -0.39 is 5.60 Å². The first-order valence-electron chi connectivity index (χ1n) is 10.7. The standard InChI is InChI=1S/C24H28FN3O4/c25-21-5-2-7-23(15-21)32-19-24(29)17-27(10-12-30-18-24)16-20-4-1-6-22(14-20)31-13-11-28-9-3-8-26-28/h1-9,14-15,29H,10-13,16-19H2/t24-/m0/s1. The maximum Gasteiger partial charge on any atom is 0.134 e. The SMILES string of the molecule is O[C@]1(COc2cccc(F)c2)COCCN(Cc2cccc(OCCn3cccn3)c2)C1. The number of hydrogen-bond acceptors (Lipinski definition) is 6. The average molecular weight is 442 g/mol. The van der Waals surface area contributed by atoms with Crippen molar-refractivity contribution >= 4 is 0 Å². The van der Waals surface area contributed by atoms with E-state index in [4.69, 9.17) is 14.2 Å². The maximum atomic E-state index is 13.4. The van der Waals surface area contributed by atoms with E-state index in [0.29, 0.717) is 45.1 Å². The average Bonchev–Trinajstić information content (AvgIpc) is 3.22. The third-order valence-corrected chi connectivity index (χ3v) is 5.20. The van der Waals surface area contributed by atoms with Gasteiger partial charge in [0.25, 0.3) is 0 Å². The van der Waals surface area contributed by atoms with Crippen LogP contribution in [0.3, 0.4) is 0 Å². The molecule has 1 aromatic heterocycles. The monoisotopic (exact) mass is 441 g/mol. The van der Waals surface area contributed by atoms with E-state index >= 15 is 0 Å². The fourth-order valence-electron chi connectivity index (χ4n) is 3.68. The molecule has 32 heavy (non-hydrogen) atoms. The molecule has 0 unspecified atom stereocenters. The highest BCUT2D eigenvalue weighted by Crippen LogP contribution is 2.20. The topological polar surface area (TPSA) is 69.0 Å². The lowest BCUT2D eigenvalue weighted by Crippen LogP contribution is -2.48. The minimum Gasteiger partial charge on any atom is -0.492 e. The number of halogens is 1. The molecule has 0 radical (unpaired) electrons. The van der Waals surface area contributed by atoms with Crippen LogP contribution in [0.1, 0.15) is 5.56 Å². The summed E-state index contributed by atoms with van der Waals surface area (Å²) >= 11 is 0. The molecule has 1 aliphatic rings. The quantitative estimate of drug-likeness (QED) is 0.551. The fourth-order valence-corrected chi connectivity index (χ4v) is 3.68. The second-order valence-electron chi connectivity index (χ2n) is 8.00. The predicted octanol–water partition coefficient (Wildman–Crippen LogP) is 2.74. The van der Waals surface area contributed by atoms with Crippen LogP contribution < -0.4 is 9.47 Å². The highest BCUT2D eigenvalue weighted by molar-refractivity contribution is 5.28. The molecule has 0 amide bonds. The van der Waals surface area contributed by atoms with Gasteiger partial charge in [0.2, 0.25) is 0 Å². The maximum absolute atomic E-state index is 13.4. The Hall–Kier alpha value is -2.94. The summed E-state index contributed by atoms with van der Waals surface area (Å²) in [6.07, 6.45) is 3.65. The van der Waals surface area contributed by atoms with E-state index in [1.54, 1.807) is 18.3 Å². The van der Waals surface area contributed by atoms with E-state index in [2.05, 4.69) is 10.00 Å². The molecule has 2 heterocycles. The first-order valence-corrected chi connectivity index (χ1v) is 10.7. The molecule has 170 valence electrons. The van der Waals surface area contributed by atoms with Gasteiger partial charge in [-0.2, -0.15) is 5.10 Å². The molecule has 1 N–H and O–H groups in total.